The summed E-state index contributed by atoms with van der Waals surface area (Å²) in [7, 11) is 0. The van der Waals surface area contributed by atoms with Crippen LogP contribution >= 0.6 is 0 Å². The summed E-state index contributed by atoms with van der Waals surface area (Å²) in [5.74, 6) is -0.260. The van der Waals surface area contributed by atoms with Gasteiger partial charge < -0.3 is 14.7 Å². The average Bonchev–Trinajstić information content (AvgIpc) is 2.68. The van der Waals surface area contributed by atoms with Crippen LogP contribution in [0.1, 0.15) is 29.3 Å². The number of morpholine rings is 1. The number of carbonyl (C=O) groups is 1. The molecule has 1 saturated heterocycles. The average molecular weight is 325 g/mol. The first-order chi connectivity index (χ1) is 11.6. The maximum absolute atomic E-state index is 12.9. The van der Waals surface area contributed by atoms with E-state index < -0.39 is 5.60 Å². The number of rotatable bonds is 5. The summed E-state index contributed by atoms with van der Waals surface area (Å²) >= 11 is 0. The normalized spacial score (nSPS) is 17.3. The number of anilines is 1. The van der Waals surface area contributed by atoms with Crippen LogP contribution in [-0.2, 0) is 10.3 Å². The van der Waals surface area contributed by atoms with Gasteiger partial charge in [-0.3, -0.25) is 4.79 Å². The van der Waals surface area contributed by atoms with E-state index in [2.05, 4.69) is 4.90 Å². The van der Waals surface area contributed by atoms with E-state index in [9.17, 15) is 9.90 Å². The monoisotopic (exact) mass is 325 g/mol. The third-order valence-electron chi connectivity index (χ3n) is 4.64. The standard InChI is InChI=1S/C20H23NO3/c1-2-20(23,17-6-4-3-5-7-17)19(22)16-8-10-18(11-9-16)21-12-14-24-15-13-21/h3-11,23H,2,12-15H2,1H3. The van der Waals surface area contributed by atoms with E-state index in [0.29, 0.717) is 17.5 Å². The number of carbonyl (C=O) groups excluding carboxylic acids is 1. The first-order valence-electron chi connectivity index (χ1n) is 8.40. The first-order valence-corrected chi connectivity index (χ1v) is 8.40. The second-order valence-electron chi connectivity index (χ2n) is 6.06. The lowest BCUT2D eigenvalue weighted by molar-refractivity contribution is 0.0277. The molecule has 1 unspecified atom stereocenters. The Bertz CT molecular complexity index is 678. The fourth-order valence-electron chi connectivity index (χ4n) is 3.09. The van der Waals surface area contributed by atoms with Crippen molar-refractivity contribution in [2.24, 2.45) is 0 Å². The van der Waals surface area contributed by atoms with Crippen LogP contribution in [0.5, 0.6) is 0 Å². The fraction of sp³-hybridized carbons (Fsp3) is 0.350. The lowest BCUT2D eigenvalue weighted by atomic mass is 9.84. The summed E-state index contributed by atoms with van der Waals surface area (Å²) in [6.07, 6.45) is 0.334. The van der Waals surface area contributed by atoms with E-state index in [-0.39, 0.29) is 5.78 Å². The summed E-state index contributed by atoms with van der Waals surface area (Å²) in [4.78, 5) is 15.1. The number of ketones is 1. The van der Waals surface area contributed by atoms with Crippen molar-refractivity contribution in [1.82, 2.24) is 0 Å². The Morgan fingerprint density at radius 1 is 1.08 bits per heavy atom. The molecule has 1 N–H and O–H groups in total. The molecular formula is C20H23NO3. The zero-order chi connectivity index (χ0) is 17.0. The Balaban J connectivity index is 1.83. The van der Waals surface area contributed by atoms with Gasteiger partial charge in [0.15, 0.2) is 11.4 Å². The number of hydrogen-bond acceptors (Lipinski definition) is 4. The summed E-state index contributed by atoms with van der Waals surface area (Å²) in [6.45, 7) is 4.99. The molecule has 0 aromatic heterocycles. The predicted octanol–water partition coefficient (Wildman–Crippen LogP) is 3.00. The molecule has 2 aromatic rings. The second-order valence-corrected chi connectivity index (χ2v) is 6.06. The SMILES string of the molecule is CCC(O)(C(=O)c1ccc(N2CCOCC2)cc1)c1ccccc1. The Labute approximate surface area is 142 Å². The molecule has 1 atom stereocenters. The number of benzene rings is 2. The first kappa shape index (κ1) is 16.7. The highest BCUT2D eigenvalue weighted by Gasteiger charge is 2.36. The summed E-state index contributed by atoms with van der Waals surface area (Å²) in [5, 5.41) is 11.0. The van der Waals surface area contributed by atoms with Gasteiger partial charge in [-0.25, -0.2) is 0 Å². The van der Waals surface area contributed by atoms with Gasteiger partial charge in [0, 0.05) is 24.3 Å². The lowest BCUT2D eigenvalue weighted by Gasteiger charge is -2.29. The number of hydrogen-bond donors (Lipinski definition) is 1. The molecule has 0 aliphatic carbocycles. The molecule has 4 heteroatoms. The van der Waals surface area contributed by atoms with E-state index in [4.69, 9.17) is 4.74 Å². The number of ether oxygens (including phenoxy) is 1. The summed E-state index contributed by atoms with van der Waals surface area (Å²) in [6, 6.07) is 16.6. The Morgan fingerprint density at radius 2 is 1.71 bits per heavy atom. The molecular weight excluding hydrogens is 302 g/mol. The van der Waals surface area contributed by atoms with Crippen LogP contribution in [0.15, 0.2) is 54.6 Å². The van der Waals surface area contributed by atoms with Gasteiger partial charge in [0.1, 0.15) is 0 Å². The largest absolute Gasteiger partial charge is 0.378 e. The van der Waals surface area contributed by atoms with Gasteiger partial charge in [0.25, 0.3) is 0 Å². The van der Waals surface area contributed by atoms with Gasteiger partial charge in [-0.1, -0.05) is 37.3 Å². The third kappa shape index (κ3) is 3.21. The number of aliphatic hydroxyl groups is 1. The molecule has 0 saturated carbocycles. The molecule has 1 aliphatic heterocycles. The Morgan fingerprint density at radius 3 is 2.29 bits per heavy atom. The highest BCUT2D eigenvalue weighted by Crippen LogP contribution is 2.30. The van der Waals surface area contributed by atoms with E-state index in [1.54, 1.807) is 24.3 Å². The number of Topliss-reactive ketones (excluding diaryl/α,β-unsaturated/α-hetero) is 1. The van der Waals surface area contributed by atoms with E-state index in [1.165, 1.54) is 0 Å². The molecule has 4 nitrogen and oxygen atoms in total. The molecule has 3 rings (SSSR count). The molecule has 126 valence electrons. The minimum atomic E-state index is -1.48. The van der Waals surface area contributed by atoms with Crippen LogP contribution in [0.2, 0.25) is 0 Å². The van der Waals surface area contributed by atoms with E-state index in [0.717, 1.165) is 32.0 Å². The molecule has 0 amide bonds. The lowest BCUT2D eigenvalue weighted by Crippen LogP contribution is -2.36. The zero-order valence-electron chi connectivity index (χ0n) is 13.9. The molecule has 2 aromatic carbocycles. The summed E-state index contributed by atoms with van der Waals surface area (Å²) in [5.41, 5.74) is 0.756. The Hall–Kier alpha value is -2.17. The van der Waals surface area contributed by atoms with Gasteiger partial charge in [-0.15, -0.1) is 0 Å². The van der Waals surface area contributed by atoms with Crippen molar-refractivity contribution in [2.45, 2.75) is 18.9 Å². The van der Waals surface area contributed by atoms with Crippen LogP contribution in [0.3, 0.4) is 0 Å². The molecule has 0 bridgehead atoms. The van der Waals surface area contributed by atoms with Gasteiger partial charge in [0.2, 0.25) is 0 Å². The predicted molar refractivity (Wildman–Crippen MR) is 94.4 cm³/mol. The number of nitrogens with zero attached hydrogens (tertiary/aromatic N) is 1. The molecule has 0 spiro atoms. The molecule has 1 fully saturated rings. The van der Waals surface area contributed by atoms with Crippen molar-refractivity contribution in [1.29, 1.82) is 0 Å². The van der Waals surface area contributed by atoms with Crippen molar-refractivity contribution in [2.75, 3.05) is 31.2 Å². The highest BCUT2D eigenvalue weighted by atomic mass is 16.5. The summed E-state index contributed by atoms with van der Waals surface area (Å²) < 4.78 is 5.36. The van der Waals surface area contributed by atoms with Gasteiger partial charge in [-0.05, 0) is 36.2 Å². The van der Waals surface area contributed by atoms with Gasteiger partial charge in [0.05, 0.1) is 13.2 Å². The van der Waals surface area contributed by atoms with Crippen molar-refractivity contribution < 1.29 is 14.6 Å². The minimum absolute atomic E-state index is 0.260. The zero-order valence-corrected chi connectivity index (χ0v) is 13.9. The maximum Gasteiger partial charge on any atom is 0.198 e. The quantitative estimate of drug-likeness (QED) is 0.859. The smallest absolute Gasteiger partial charge is 0.198 e. The third-order valence-corrected chi connectivity index (χ3v) is 4.64. The minimum Gasteiger partial charge on any atom is -0.378 e. The van der Waals surface area contributed by atoms with Crippen LogP contribution < -0.4 is 4.90 Å². The fourth-order valence-corrected chi connectivity index (χ4v) is 3.09. The van der Waals surface area contributed by atoms with Gasteiger partial charge >= 0.3 is 0 Å². The van der Waals surface area contributed by atoms with Crippen molar-refractivity contribution in [3.63, 3.8) is 0 Å². The topological polar surface area (TPSA) is 49.8 Å². The molecule has 1 heterocycles. The van der Waals surface area contributed by atoms with E-state index >= 15 is 0 Å². The van der Waals surface area contributed by atoms with Crippen molar-refractivity contribution >= 4 is 11.5 Å². The van der Waals surface area contributed by atoms with Crippen LogP contribution in [0.4, 0.5) is 5.69 Å². The van der Waals surface area contributed by atoms with Crippen LogP contribution in [0.25, 0.3) is 0 Å². The molecule has 24 heavy (non-hydrogen) atoms. The van der Waals surface area contributed by atoms with Crippen LogP contribution in [-0.4, -0.2) is 37.2 Å². The van der Waals surface area contributed by atoms with Crippen LogP contribution in [0, 0.1) is 0 Å². The van der Waals surface area contributed by atoms with Crippen molar-refractivity contribution in [3.8, 4) is 0 Å². The Kier molecular flexibility index (Phi) is 4.97. The van der Waals surface area contributed by atoms with Crippen molar-refractivity contribution in [3.05, 3.63) is 65.7 Å². The van der Waals surface area contributed by atoms with Gasteiger partial charge in [-0.2, -0.15) is 0 Å². The molecule has 1 aliphatic rings. The van der Waals surface area contributed by atoms with E-state index in [1.807, 2.05) is 37.3 Å². The second kappa shape index (κ2) is 7.16. The molecule has 0 radical (unpaired) electrons. The highest BCUT2D eigenvalue weighted by molar-refractivity contribution is 6.03. The maximum atomic E-state index is 12.9.